The van der Waals surface area contributed by atoms with Crippen LogP contribution in [0.3, 0.4) is 0 Å². The molecule has 1 N–H and O–H groups in total. The van der Waals surface area contributed by atoms with Crippen LogP contribution in [0.4, 0.5) is 4.39 Å². The summed E-state index contributed by atoms with van der Waals surface area (Å²) >= 11 is 0. The van der Waals surface area contributed by atoms with Crippen LogP contribution >= 0.6 is 0 Å². The first-order valence-electron chi connectivity index (χ1n) is 8.11. The van der Waals surface area contributed by atoms with E-state index in [4.69, 9.17) is 0 Å². The normalized spacial score (nSPS) is 37.2. The zero-order valence-electron chi connectivity index (χ0n) is 13.2. The van der Waals surface area contributed by atoms with Crippen LogP contribution < -0.4 is 0 Å². The number of fused-ring (bicyclic) bond motifs is 1. The standard InChI is InChI=1S/C19H23FO2/c1-12-15-8-7-14(11-13-5-3-4-6-16(13)20)18(22)19(15,2)10-9-17(12)21/h3-6,11-12,15,17,21H,7-10H2,1-2H3/b14-11+/t12-,15?,17?,19-/m0/s1. The Morgan fingerprint density at radius 3 is 2.77 bits per heavy atom. The second kappa shape index (κ2) is 5.62. The van der Waals surface area contributed by atoms with Gasteiger partial charge in [0.15, 0.2) is 5.78 Å². The molecule has 22 heavy (non-hydrogen) atoms. The van der Waals surface area contributed by atoms with Crippen molar-refractivity contribution in [2.24, 2.45) is 17.3 Å². The molecule has 2 saturated carbocycles. The van der Waals surface area contributed by atoms with Gasteiger partial charge in [-0.05, 0) is 55.2 Å². The molecule has 0 aromatic heterocycles. The number of rotatable bonds is 1. The average Bonchev–Trinajstić information content (AvgIpc) is 2.50. The summed E-state index contributed by atoms with van der Waals surface area (Å²) in [5, 5.41) is 10.1. The molecular formula is C19H23FO2. The van der Waals surface area contributed by atoms with Crippen molar-refractivity contribution < 1.29 is 14.3 Å². The lowest BCUT2D eigenvalue weighted by Gasteiger charge is -2.49. The number of aliphatic hydroxyl groups is 1. The van der Waals surface area contributed by atoms with Gasteiger partial charge in [-0.1, -0.05) is 32.0 Å². The van der Waals surface area contributed by atoms with Crippen LogP contribution in [0.5, 0.6) is 0 Å². The third-order valence-corrected chi connectivity index (χ3v) is 5.79. The van der Waals surface area contributed by atoms with Crippen molar-refractivity contribution in [1.29, 1.82) is 0 Å². The fraction of sp³-hybridized carbons (Fsp3) is 0.526. The number of carbonyl (C=O) groups is 1. The Morgan fingerprint density at radius 2 is 2.05 bits per heavy atom. The third kappa shape index (κ3) is 2.41. The third-order valence-electron chi connectivity index (χ3n) is 5.79. The Bertz CT molecular complexity index is 622. The van der Waals surface area contributed by atoms with E-state index in [1.165, 1.54) is 6.07 Å². The lowest BCUT2D eigenvalue weighted by atomic mass is 9.55. The molecule has 2 aliphatic rings. The summed E-state index contributed by atoms with van der Waals surface area (Å²) in [6.45, 7) is 4.07. The first kappa shape index (κ1) is 15.4. The molecule has 2 unspecified atom stereocenters. The molecule has 4 atom stereocenters. The Labute approximate surface area is 131 Å². The summed E-state index contributed by atoms with van der Waals surface area (Å²) in [6.07, 6.45) is 4.37. The van der Waals surface area contributed by atoms with Gasteiger partial charge in [-0.25, -0.2) is 4.39 Å². The lowest BCUT2D eigenvalue weighted by molar-refractivity contribution is -0.137. The smallest absolute Gasteiger partial charge is 0.165 e. The minimum absolute atomic E-state index is 0.144. The first-order valence-corrected chi connectivity index (χ1v) is 8.11. The van der Waals surface area contributed by atoms with E-state index in [0.717, 1.165) is 18.4 Å². The number of ketones is 1. The van der Waals surface area contributed by atoms with Crippen molar-refractivity contribution in [2.75, 3.05) is 0 Å². The Balaban J connectivity index is 1.93. The molecule has 0 saturated heterocycles. The van der Waals surface area contributed by atoms with Gasteiger partial charge in [-0.2, -0.15) is 0 Å². The minimum Gasteiger partial charge on any atom is -0.393 e. The summed E-state index contributed by atoms with van der Waals surface area (Å²) in [5.41, 5.74) is 0.804. The van der Waals surface area contributed by atoms with E-state index < -0.39 is 5.41 Å². The second-order valence-electron chi connectivity index (χ2n) is 7.05. The van der Waals surface area contributed by atoms with Crippen molar-refractivity contribution in [2.45, 2.75) is 45.6 Å². The van der Waals surface area contributed by atoms with Gasteiger partial charge in [0.25, 0.3) is 0 Å². The highest BCUT2D eigenvalue weighted by Gasteiger charge is 2.51. The predicted molar refractivity (Wildman–Crippen MR) is 84.6 cm³/mol. The molecule has 118 valence electrons. The number of allylic oxidation sites excluding steroid dienone is 1. The maximum atomic E-state index is 13.8. The molecule has 1 aromatic rings. The molecule has 2 nitrogen and oxygen atoms in total. The van der Waals surface area contributed by atoms with Gasteiger partial charge in [0.2, 0.25) is 0 Å². The Kier molecular flexibility index (Phi) is 3.94. The molecule has 1 aromatic carbocycles. The number of Topliss-reactive ketones (excluding diaryl/α,β-unsaturated/α-hetero) is 1. The summed E-state index contributed by atoms with van der Waals surface area (Å²) in [4.78, 5) is 13.0. The van der Waals surface area contributed by atoms with Crippen LogP contribution in [0.15, 0.2) is 29.8 Å². The van der Waals surface area contributed by atoms with E-state index in [0.29, 0.717) is 18.4 Å². The van der Waals surface area contributed by atoms with Gasteiger partial charge in [0.1, 0.15) is 5.82 Å². The molecule has 2 aliphatic carbocycles. The van der Waals surface area contributed by atoms with Crippen molar-refractivity contribution in [3.8, 4) is 0 Å². The average molecular weight is 302 g/mol. The fourth-order valence-corrected chi connectivity index (χ4v) is 4.32. The molecule has 0 radical (unpaired) electrons. The second-order valence-corrected chi connectivity index (χ2v) is 7.05. The van der Waals surface area contributed by atoms with Gasteiger partial charge in [-0.3, -0.25) is 4.79 Å². The zero-order chi connectivity index (χ0) is 15.9. The molecular weight excluding hydrogens is 279 g/mol. The minimum atomic E-state index is -0.409. The van der Waals surface area contributed by atoms with Gasteiger partial charge < -0.3 is 5.11 Å². The fourth-order valence-electron chi connectivity index (χ4n) is 4.32. The maximum Gasteiger partial charge on any atom is 0.165 e. The topological polar surface area (TPSA) is 37.3 Å². The van der Waals surface area contributed by atoms with E-state index in [2.05, 4.69) is 0 Å². The van der Waals surface area contributed by atoms with Crippen LogP contribution in [0.25, 0.3) is 6.08 Å². The predicted octanol–water partition coefficient (Wildman–Crippen LogP) is 3.99. The molecule has 0 bridgehead atoms. The number of aliphatic hydroxyl groups excluding tert-OH is 1. The van der Waals surface area contributed by atoms with Gasteiger partial charge >= 0.3 is 0 Å². The van der Waals surface area contributed by atoms with Crippen LogP contribution in [0.1, 0.15) is 45.1 Å². The first-order chi connectivity index (χ1) is 10.4. The van der Waals surface area contributed by atoms with Crippen LogP contribution in [-0.4, -0.2) is 17.0 Å². The van der Waals surface area contributed by atoms with Gasteiger partial charge in [0.05, 0.1) is 6.10 Å². The molecule has 3 rings (SSSR count). The lowest BCUT2D eigenvalue weighted by Crippen LogP contribution is -2.50. The van der Waals surface area contributed by atoms with E-state index in [1.54, 1.807) is 24.3 Å². The number of benzene rings is 1. The van der Waals surface area contributed by atoms with Crippen molar-refractivity contribution >= 4 is 11.9 Å². The Hall–Kier alpha value is -1.48. The van der Waals surface area contributed by atoms with Crippen LogP contribution in [0.2, 0.25) is 0 Å². The molecule has 2 fully saturated rings. The van der Waals surface area contributed by atoms with E-state index in [-0.39, 0.29) is 29.5 Å². The van der Waals surface area contributed by atoms with Gasteiger partial charge in [-0.15, -0.1) is 0 Å². The zero-order valence-corrected chi connectivity index (χ0v) is 13.2. The number of halogens is 1. The summed E-state index contributed by atoms with van der Waals surface area (Å²) < 4.78 is 13.8. The number of hydrogen-bond donors (Lipinski definition) is 1. The molecule has 0 aliphatic heterocycles. The summed E-state index contributed by atoms with van der Waals surface area (Å²) in [6, 6.07) is 6.56. The van der Waals surface area contributed by atoms with E-state index in [1.807, 2.05) is 13.8 Å². The van der Waals surface area contributed by atoms with Crippen molar-refractivity contribution in [1.82, 2.24) is 0 Å². The molecule has 3 heteroatoms. The maximum absolute atomic E-state index is 13.8. The van der Waals surface area contributed by atoms with Crippen LogP contribution in [-0.2, 0) is 4.79 Å². The number of hydrogen-bond acceptors (Lipinski definition) is 2. The largest absolute Gasteiger partial charge is 0.393 e. The van der Waals surface area contributed by atoms with E-state index in [9.17, 15) is 14.3 Å². The van der Waals surface area contributed by atoms with E-state index >= 15 is 0 Å². The molecule has 0 amide bonds. The quantitative estimate of drug-likeness (QED) is 0.797. The van der Waals surface area contributed by atoms with Crippen LogP contribution in [0, 0.1) is 23.1 Å². The molecule has 0 spiro atoms. The Morgan fingerprint density at radius 1 is 1.32 bits per heavy atom. The highest BCUT2D eigenvalue weighted by atomic mass is 19.1. The summed E-state index contributed by atoms with van der Waals surface area (Å²) in [7, 11) is 0. The monoisotopic (exact) mass is 302 g/mol. The highest BCUT2D eigenvalue weighted by molar-refractivity contribution is 6.04. The molecule has 0 heterocycles. The van der Waals surface area contributed by atoms with Gasteiger partial charge in [0, 0.05) is 11.0 Å². The SMILES string of the molecule is C[C@@H]1C(O)CC[C@]2(C)C(=O)/C(=C/c3ccccc3F)CCC12. The van der Waals surface area contributed by atoms with Crippen molar-refractivity contribution in [3.63, 3.8) is 0 Å². The highest BCUT2D eigenvalue weighted by Crippen LogP contribution is 2.52. The number of carbonyl (C=O) groups excluding carboxylic acids is 1. The van der Waals surface area contributed by atoms with Crippen molar-refractivity contribution in [3.05, 3.63) is 41.2 Å². The summed E-state index contributed by atoms with van der Waals surface area (Å²) in [5.74, 6) is 0.229.